The Kier molecular flexibility index (Phi) is 7.16. The summed E-state index contributed by atoms with van der Waals surface area (Å²) >= 11 is 5.86. The van der Waals surface area contributed by atoms with Crippen molar-refractivity contribution < 1.29 is 26.9 Å². The van der Waals surface area contributed by atoms with Gasteiger partial charge in [-0.3, -0.25) is 4.21 Å². The largest absolute Gasteiger partial charge is 0.416 e. The van der Waals surface area contributed by atoms with Gasteiger partial charge in [-0.2, -0.15) is 13.2 Å². The maximum atomic E-state index is 12.6. The van der Waals surface area contributed by atoms with Crippen LogP contribution in [0, 0.1) is 0 Å². The molecule has 1 aliphatic rings. The van der Waals surface area contributed by atoms with E-state index in [-0.39, 0.29) is 18.5 Å². The standard InChI is InChI=1S/C21H20ClF3O3S/c1-14(10-15-2-6-17(7-3-15)21(23,24)25)20-27-11-19(12-28-20)29(26)13-16-4-8-18(22)9-5-16/h2-10,19-20H,11-13H2,1H3/b14-10+. The van der Waals surface area contributed by atoms with Crippen molar-refractivity contribution in [1.82, 2.24) is 0 Å². The third-order valence-corrected chi connectivity index (χ3v) is 6.35. The molecular weight excluding hydrogens is 425 g/mol. The number of hydrogen-bond acceptors (Lipinski definition) is 3. The van der Waals surface area contributed by atoms with Crippen molar-refractivity contribution in [2.75, 3.05) is 13.2 Å². The van der Waals surface area contributed by atoms with Crippen LogP contribution in [0.1, 0.15) is 23.6 Å². The Morgan fingerprint density at radius 2 is 1.69 bits per heavy atom. The van der Waals surface area contributed by atoms with E-state index in [2.05, 4.69) is 0 Å². The molecule has 8 heteroatoms. The predicted molar refractivity (Wildman–Crippen MR) is 108 cm³/mol. The topological polar surface area (TPSA) is 35.5 Å². The minimum atomic E-state index is -4.36. The highest BCUT2D eigenvalue weighted by Crippen LogP contribution is 2.29. The molecular formula is C21H20ClF3O3S. The number of alkyl halides is 3. The second kappa shape index (κ2) is 9.43. The van der Waals surface area contributed by atoms with E-state index in [0.29, 0.717) is 16.3 Å². The fourth-order valence-electron chi connectivity index (χ4n) is 2.86. The maximum absolute atomic E-state index is 12.6. The molecule has 2 aromatic rings. The van der Waals surface area contributed by atoms with Gasteiger partial charge in [-0.25, -0.2) is 0 Å². The number of ether oxygens (including phenoxy) is 2. The maximum Gasteiger partial charge on any atom is 0.416 e. The molecule has 0 spiro atoms. The summed E-state index contributed by atoms with van der Waals surface area (Å²) in [4.78, 5) is 0. The molecule has 1 unspecified atom stereocenters. The summed E-state index contributed by atoms with van der Waals surface area (Å²) in [5.74, 6) is 0.388. The third-order valence-electron chi connectivity index (χ3n) is 4.47. The van der Waals surface area contributed by atoms with Gasteiger partial charge in [0.2, 0.25) is 0 Å². The zero-order valence-electron chi connectivity index (χ0n) is 15.6. The number of halogens is 4. The lowest BCUT2D eigenvalue weighted by Gasteiger charge is -2.29. The Morgan fingerprint density at radius 1 is 1.10 bits per heavy atom. The van der Waals surface area contributed by atoms with Crippen LogP contribution in [0.25, 0.3) is 6.08 Å². The normalized spacial score (nSPS) is 21.8. The minimum absolute atomic E-state index is 0.249. The van der Waals surface area contributed by atoms with Gasteiger partial charge in [0.15, 0.2) is 6.29 Å². The van der Waals surface area contributed by atoms with Gasteiger partial charge in [-0.15, -0.1) is 0 Å². The molecule has 156 valence electrons. The van der Waals surface area contributed by atoms with Crippen molar-refractivity contribution in [1.29, 1.82) is 0 Å². The molecule has 1 aliphatic heterocycles. The fraction of sp³-hybridized carbons (Fsp3) is 0.333. The Morgan fingerprint density at radius 3 is 2.24 bits per heavy atom. The van der Waals surface area contributed by atoms with Crippen LogP contribution in [0.3, 0.4) is 0 Å². The van der Waals surface area contributed by atoms with Gasteiger partial charge in [0.25, 0.3) is 0 Å². The van der Waals surface area contributed by atoms with Crippen molar-refractivity contribution in [3.05, 3.63) is 75.8 Å². The molecule has 0 saturated carbocycles. The van der Waals surface area contributed by atoms with Crippen molar-refractivity contribution in [3.8, 4) is 0 Å². The van der Waals surface area contributed by atoms with E-state index >= 15 is 0 Å². The van der Waals surface area contributed by atoms with Crippen LogP contribution < -0.4 is 0 Å². The number of benzene rings is 2. The van der Waals surface area contributed by atoms with E-state index in [1.165, 1.54) is 12.1 Å². The van der Waals surface area contributed by atoms with Gasteiger partial charge in [-0.1, -0.05) is 41.9 Å². The smallest absolute Gasteiger partial charge is 0.347 e. The molecule has 3 nitrogen and oxygen atoms in total. The number of hydrogen-bond donors (Lipinski definition) is 0. The van der Waals surface area contributed by atoms with Crippen LogP contribution in [-0.4, -0.2) is 29.0 Å². The zero-order chi connectivity index (χ0) is 21.0. The van der Waals surface area contributed by atoms with Gasteiger partial charge in [0, 0.05) is 21.6 Å². The van der Waals surface area contributed by atoms with E-state index < -0.39 is 28.8 Å². The molecule has 2 aromatic carbocycles. The van der Waals surface area contributed by atoms with Gasteiger partial charge in [-0.05, 0) is 47.9 Å². The molecule has 1 atom stereocenters. The quantitative estimate of drug-likeness (QED) is 0.615. The SMILES string of the molecule is C/C(=C\c1ccc(C(F)(F)F)cc1)C1OCC(S(=O)Cc2ccc(Cl)cc2)CO1. The van der Waals surface area contributed by atoms with Crippen LogP contribution in [0.15, 0.2) is 54.1 Å². The first-order chi connectivity index (χ1) is 13.7. The molecule has 0 N–H and O–H groups in total. The highest BCUT2D eigenvalue weighted by Gasteiger charge is 2.30. The molecule has 0 aromatic heterocycles. The Bertz CT molecular complexity index is 872. The van der Waals surface area contributed by atoms with Crippen LogP contribution in [0.4, 0.5) is 13.2 Å². The van der Waals surface area contributed by atoms with Crippen LogP contribution >= 0.6 is 11.6 Å². The lowest BCUT2D eigenvalue weighted by atomic mass is 10.1. The Hall–Kier alpha value is -1.67. The van der Waals surface area contributed by atoms with Gasteiger partial charge in [0.1, 0.15) is 0 Å². The predicted octanol–water partition coefficient (Wildman–Crippen LogP) is 5.45. The molecule has 3 rings (SSSR count). The second-order valence-electron chi connectivity index (χ2n) is 6.78. The van der Waals surface area contributed by atoms with Crippen molar-refractivity contribution in [2.24, 2.45) is 0 Å². The average molecular weight is 445 g/mol. The number of rotatable bonds is 5. The van der Waals surface area contributed by atoms with Crippen LogP contribution in [0.5, 0.6) is 0 Å². The molecule has 0 bridgehead atoms. The van der Waals surface area contributed by atoms with E-state index in [1.54, 1.807) is 25.1 Å². The highest BCUT2D eigenvalue weighted by molar-refractivity contribution is 7.84. The van der Waals surface area contributed by atoms with E-state index in [9.17, 15) is 17.4 Å². The van der Waals surface area contributed by atoms with Gasteiger partial charge >= 0.3 is 6.18 Å². The summed E-state index contributed by atoms with van der Waals surface area (Å²) in [5, 5.41) is 0.378. The first-order valence-corrected chi connectivity index (χ1v) is 10.7. The van der Waals surface area contributed by atoms with Crippen molar-refractivity contribution in [3.63, 3.8) is 0 Å². The summed E-state index contributed by atoms with van der Waals surface area (Å²) < 4.78 is 61.9. The van der Waals surface area contributed by atoms with E-state index in [4.69, 9.17) is 21.1 Å². The lowest BCUT2D eigenvalue weighted by Crippen LogP contribution is -2.39. The molecule has 1 fully saturated rings. The summed E-state index contributed by atoms with van der Waals surface area (Å²) in [6.07, 6.45) is -3.25. The molecule has 0 radical (unpaired) electrons. The molecule has 0 aliphatic carbocycles. The first kappa shape index (κ1) is 22.0. The first-order valence-electron chi connectivity index (χ1n) is 8.92. The van der Waals surface area contributed by atoms with Crippen LogP contribution in [0.2, 0.25) is 5.02 Å². The molecule has 1 saturated heterocycles. The molecule has 29 heavy (non-hydrogen) atoms. The second-order valence-corrected chi connectivity index (χ2v) is 8.93. The van der Waals surface area contributed by atoms with Crippen molar-refractivity contribution in [2.45, 2.75) is 30.4 Å². The third kappa shape index (κ3) is 6.15. The highest BCUT2D eigenvalue weighted by atomic mass is 35.5. The Balaban J connectivity index is 1.54. The Labute approximate surface area is 174 Å². The van der Waals surface area contributed by atoms with E-state index in [1.807, 2.05) is 12.1 Å². The van der Waals surface area contributed by atoms with Gasteiger partial charge < -0.3 is 9.47 Å². The summed E-state index contributed by atoms with van der Waals surface area (Å²) in [6.45, 7) is 2.35. The zero-order valence-corrected chi connectivity index (χ0v) is 17.2. The van der Waals surface area contributed by atoms with Crippen molar-refractivity contribution >= 4 is 28.5 Å². The van der Waals surface area contributed by atoms with E-state index in [0.717, 1.165) is 23.3 Å². The fourth-order valence-corrected chi connectivity index (χ4v) is 4.21. The minimum Gasteiger partial charge on any atom is -0.347 e. The van der Waals surface area contributed by atoms with Crippen LogP contribution in [-0.2, 0) is 32.2 Å². The monoisotopic (exact) mass is 444 g/mol. The average Bonchev–Trinajstić information content (AvgIpc) is 2.69. The molecule has 1 heterocycles. The lowest BCUT2D eigenvalue weighted by molar-refractivity contribution is -0.152. The van der Waals surface area contributed by atoms with Gasteiger partial charge in [0.05, 0.1) is 24.0 Å². The summed E-state index contributed by atoms with van der Waals surface area (Å²) in [6, 6.07) is 12.1. The summed E-state index contributed by atoms with van der Waals surface area (Å²) in [5.41, 5.74) is 1.58. The summed E-state index contributed by atoms with van der Waals surface area (Å²) in [7, 11) is -1.16. The molecule has 0 amide bonds.